The molecule has 7 heteroatoms. The number of rotatable bonds is 4. The van der Waals surface area contributed by atoms with Gasteiger partial charge in [0.2, 0.25) is 5.91 Å². The minimum Gasteiger partial charge on any atom is -0.365 e. The van der Waals surface area contributed by atoms with Crippen LogP contribution in [0.2, 0.25) is 0 Å². The normalized spacial score (nSPS) is 11.1. The van der Waals surface area contributed by atoms with Crippen LogP contribution < -0.4 is 4.90 Å². The molecule has 1 aromatic carbocycles. The molecule has 0 radical (unpaired) electrons. The molecule has 4 nitrogen and oxygen atoms in total. The lowest BCUT2D eigenvalue weighted by Crippen LogP contribution is -2.35. The van der Waals surface area contributed by atoms with Crippen LogP contribution in [-0.4, -0.2) is 44.8 Å². The van der Waals surface area contributed by atoms with E-state index in [1.807, 2.05) is 0 Å². The van der Waals surface area contributed by atoms with E-state index >= 15 is 0 Å². The molecule has 0 spiro atoms. The maximum absolute atomic E-state index is 13.0. The first-order chi connectivity index (χ1) is 9.16. The molecular formula is C13H15F3N2O2. The summed E-state index contributed by atoms with van der Waals surface area (Å²) in [6.07, 6.45) is -4.24. The smallest absolute Gasteiger partial charge is 0.365 e. The van der Waals surface area contributed by atoms with Crippen LogP contribution in [0.4, 0.5) is 18.9 Å². The Balaban J connectivity index is 3.17. The summed E-state index contributed by atoms with van der Waals surface area (Å²) in [5.41, 5.74) is -1.14. The van der Waals surface area contributed by atoms with Gasteiger partial charge in [-0.05, 0) is 18.2 Å². The number of halogens is 3. The predicted octanol–water partition coefficient (Wildman–Crippen LogP) is 2.04. The first kappa shape index (κ1) is 16.0. The van der Waals surface area contributed by atoms with Crippen molar-refractivity contribution in [1.29, 1.82) is 0 Å². The van der Waals surface area contributed by atoms with Crippen LogP contribution in [-0.2, 0) is 11.0 Å². The van der Waals surface area contributed by atoms with E-state index < -0.39 is 11.7 Å². The first-order valence-corrected chi connectivity index (χ1v) is 5.74. The number of hydrogen-bond donors (Lipinski definition) is 0. The van der Waals surface area contributed by atoms with Crippen molar-refractivity contribution in [3.63, 3.8) is 0 Å². The van der Waals surface area contributed by atoms with Gasteiger partial charge in [0.1, 0.15) is 6.29 Å². The minimum absolute atomic E-state index is 0.0617. The maximum Gasteiger partial charge on any atom is 0.418 e. The Morgan fingerprint density at radius 3 is 2.30 bits per heavy atom. The van der Waals surface area contributed by atoms with E-state index in [0.29, 0.717) is 6.29 Å². The van der Waals surface area contributed by atoms with Crippen LogP contribution >= 0.6 is 0 Å². The van der Waals surface area contributed by atoms with Gasteiger partial charge in [0.15, 0.2) is 0 Å². The van der Waals surface area contributed by atoms with Crippen LogP contribution in [0, 0.1) is 0 Å². The summed E-state index contributed by atoms with van der Waals surface area (Å²) in [6, 6.07) is 3.25. The number of carbonyl (C=O) groups excluding carboxylic acids is 2. The lowest BCUT2D eigenvalue weighted by molar-refractivity contribution is -0.137. The number of anilines is 1. The van der Waals surface area contributed by atoms with E-state index in [9.17, 15) is 22.8 Å². The minimum atomic E-state index is -4.59. The highest BCUT2D eigenvalue weighted by molar-refractivity contribution is 5.82. The van der Waals surface area contributed by atoms with Gasteiger partial charge in [0.05, 0.1) is 12.1 Å². The second-order valence-electron chi connectivity index (χ2n) is 4.54. The number of alkyl halides is 3. The van der Waals surface area contributed by atoms with Gasteiger partial charge >= 0.3 is 6.18 Å². The van der Waals surface area contributed by atoms with Crippen LogP contribution in [0.5, 0.6) is 0 Å². The molecule has 0 aliphatic rings. The lowest BCUT2D eigenvalue weighted by atomic mass is 10.1. The molecule has 20 heavy (non-hydrogen) atoms. The highest BCUT2D eigenvalue weighted by atomic mass is 19.4. The molecule has 1 amide bonds. The fourth-order valence-corrected chi connectivity index (χ4v) is 1.62. The number of benzene rings is 1. The van der Waals surface area contributed by atoms with Gasteiger partial charge < -0.3 is 9.80 Å². The summed E-state index contributed by atoms with van der Waals surface area (Å²) >= 11 is 0. The van der Waals surface area contributed by atoms with Gasteiger partial charge in [0.25, 0.3) is 0 Å². The zero-order valence-corrected chi connectivity index (χ0v) is 11.4. The molecule has 0 aliphatic heterocycles. The van der Waals surface area contributed by atoms with Crippen molar-refractivity contribution < 1.29 is 22.8 Å². The molecule has 0 saturated carbocycles. The van der Waals surface area contributed by atoms with E-state index in [2.05, 4.69) is 0 Å². The van der Waals surface area contributed by atoms with E-state index in [-0.39, 0.29) is 23.7 Å². The van der Waals surface area contributed by atoms with Crippen molar-refractivity contribution in [2.45, 2.75) is 6.18 Å². The third kappa shape index (κ3) is 3.72. The molecular weight excluding hydrogens is 273 g/mol. The number of aldehydes is 1. The zero-order valence-electron chi connectivity index (χ0n) is 11.4. The van der Waals surface area contributed by atoms with Crippen LogP contribution in [0.15, 0.2) is 18.2 Å². The fraction of sp³-hybridized carbons (Fsp3) is 0.385. The maximum atomic E-state index is 13.0. The molecule has 0 unspecified atom stereocenters. The van der Waals surface area contributed by atoms with E-state index in [4.69, 9.17) is 0 Å². The standard InChI is InChI=1S/C13H15F3N2O2/c1-17(2)12(20)7-18(3)11-5-4-9(8-19)6-10(11)13(14,15)16/h4-6,8H,7H2,1-3H3. The van der Waals surface area contributed by atoms with Crippen LogP contribution in [0.25, 0.3) is 0 Å². The van der Waals surface area contributed by atoms with Crippen LogP contribution in [0.3, 0.4) is 0 Å². The summed E-state index contributed by atoms with van der Waals surface area (Å²) in [4.78, 5) is 24.7. The Morgan fingerprint density at radius 2 is 1.85 bits per heavy atom. The van der Waals surface area contributed by atoms with E-state index in [1.165, 1.54) is 43.1 Å². The predicted molar refractivity (Wildman–Crippen MR) is 68.8 cm³/mol. The molecule has 110 valence electrons. The summed E-state index contributed by atoms with van der Waals surface area (Å²) in [5.74, 6) is -0.319. The summed E-state index contributed by atoms with van der Waals surface area (Å²) in [6.45, 7) is -0.184. The molecule has 0 N–H and O–H groups in total. The third-order valence-electron chi connectivity index (χ3n) is 2.74. The van der Waals surface area contributed by atoms with Gasteiger partial charge in [-0.1, -0.05) is 0 Å². The Morgan fingerprint density at radius 1 is 1.25 bits per heavy atom. The average Bonchev–Trinajstić information content (AvgIpc) is 2.36. The fourth-order valence-electron chi connectivity index (χ4n) is 1.62. The molecule has 0 saturated heterocycles. The van der Waals surface area contributed by atoms with Gasteiger partial charge in [-0.25, -0.2) is 0 Å². The van der Waals surface area contributed by atoms with Gasteiger partial charge in [-0.2, -0.15) is 13.2 Å². The van der Waals surface area contributed by atoms with Crippen molar-refractivity contribution in [2.75, 3.05) is 32.6 Å². The summed E-state index contributed by atoms with van der Waals surface area (Å²) in [7, 11) is 4.44. The molecule has 0 heterocycles. The highest BCUT2D eigenvalue weighted by Crippen LogP contribution is 2.36. The topological polar surface area (TPSA) is 40.6 Å². The largest absolute Gasteiger partial charge is 0.418 e. The Hall–Kier alpha value is -2.05. The molecule has 1 rings (SSSR count). The number of nitrogens with zero attached hydrogens (tertiary/aromatic N) is 2. The Kier molecular flexibility index (Phi) is 4.75. The van der Waals surface area contributed by atoms with Crippen molar-refractivity contribution >= 4 is 17.9 Å². The number of likely N-dealkylation sites (N-methyl/N-ethyl adjacent to an activating group) is 2. The van der Waals surface area contributed by atoms with Gasteiger partial charge in [-0.3, -0.25) is 9.59 Å². The molecule has 0 bridgehead atoms. The highest BCUT2D eigenvalue weighted by Gasteiger charge is 2.35. The van der Waals surface area contributed by atoms with Crippen molar-refractivity contribution in [3.8, 4) is 0 Å². The lowest BCUT2D eigenvalue weighted by Gasteiger charge is -2.24. The van der Waals surface area contributed by atoms with E-state index in [1.54, 1.807) is 0 Å². The van der Waals surface area contributed by atoms with Crippen molar-refractivity contribution in [1.82, 2.24) is 4.90 Å². The average molecular weight is 288 g/mol. The van der Waals surface area contributed by atoms with Gasteiger partial charge in [-0.15, -0.1) is 0 Å². The monoisotopic (exact) mass is 288 g/mol. The molecule has 1 aromatic rings. The second kappa shape index (κ2) is 5.94. The molecule has 0 atom stereocenters. The zero-order chi connectivity index (χ0) is 15.5. The van der Waals surface area contributed by atoms with Crippen molar-refractivity contribution in [2.24, 2.45) is 0 Å². The second-order valence-corrected chi connectivity index (χ2v) is 4.54. The summed E-state index contributed by atoms with van der Waals surface area (Å²) < 4.78 is 38.9. The summed E-state index contributed by atoms with van der Waals surface area (Å²) in [5, 5.41) is 0. The number of carbonyl (C=O) groups is 2. The van der Waals surface area contributed by atoms with Crippen LogP contribution in [0.1, 0.15) is 15.9 Å². The molecule has 0 aliphatic carbocycles. The SMILES string of the molecule is CN(C)C(=O)CN(C)c1ccc(C=O)cc1C(F)(F)F. The van der Waals surface area contributed by atoms with E-state index in [0.717, 1.165) is 6.07 Å². The first-order valence-electron chi connectivity index (χ1n) is 5.74. The molecule has 0 aromatic heterocycles. The molecule has 0 fully saturated rings. The number of amides is 1. The number of hydrogen-bond acceptors (Lipinski definition) is 3. The van der Waals surface area contributed by atoms with Crippen molar-refractivity contribution in [3.05, 3.63) is 29.3 Å². The quantitative estimate of drug-likeness (QED) is 0.796. The third-order valence-corrected chi connectivity index (χ3v) is 2.74. The Labute approximate surface area is 114 Å². The van der Waals surface area contributed by atoms with Gasteiger partial charge in [0, 0.05) is 32.4 Å². The Bertz CT molecular complexity index is 513.